The standard InChI is InChI=1S/C15H22O/c1-12(2)15(16)7-5-4-6-14-10-8-13(3)9-11-14/h8-12H,4-7H2,1-3H3. The molecule has 1 aromatic rings. The van der Waals surface area contributed by atoms with Crippen LogP contribution in [0.2, 0.25) is 0 Å². The quantitative estimate of drug-likeness (QED) is 0.661. The average molecular weight is 218 g/mol. The van der Waals surface area contributed by atoms with Crippen LogP contribution in [0.1, 0.15) is 44.2 Å². The molecular formula is C15H22O. The van der Waals surface area contributed by atoms with Crippen LogP contribution in [0.5, 0.6) is 0 Å². The monoisotopic (exact) mass is 218 g/mol. The number of hydrogen-bond acceptors (Lipinski definition) is 1. The van der Waals surface area contributed by atoms with Crippen LogP contribution >= 0.6 is 0 Å². The Morgan fingerprint density at radius 3 is 2.31 bits per heavy atom. The van der Waals surface area contributed by atoms with E-state index in [0.717, 1.165) is 25.7 Å². The van der Waals surface area contributed by atoms with Gasteiger partial charge in [0.15, 0.2) is 0 Å². The Morgan fingerprint density at radius 2 is 1.75 bits per heavy atom. The van der Waals surface area contributed by atoms with Crippen LogP contribution in [0.15, 0.2) is 24.3 Å². The summed E-state index contributed by atoms with van der Waals surface area (Å²) in [5.74, 6) is 0.586. The minimum atomic E-state index is 0.194. The largest absolute Gasteiger partial charge is 0.299 e. The van der Waals surface area contributed by atoms with Crippen molar-refractivity contribution >= 4 is 5.78 Å². The molecule has 1 nitrogen and oxygen atoms in total. The molecule has 0 saturated heterocycles. The molecule has 0 heterocycles. The normalized spacial score (nSPS) is 10.8. The second-order valence-electron chi connectivity index (χ2n) is 4.81. The van der Waals surface area contributed by atoms with Gasteiger partial charge < -0.3 is 0 Å². The summed E-state index contributed by atoms with van der Waals surface area (Å²) in [5.41, 5.74) is 2.68. The van der Waals surface area contributed by atoms with Gasteiger partial charge in [0.2, 0.25) is 0 Å². The molecule has 0 aromatic heterocycles. The van der Waals surface area contributed by atoms with Crippen molar-refractivity contribution in [1.82, 2.24) is 0 Å². The van der Waals surface area contributed by atoms with E-state index in [0.29, 0.717) is 5.78 Å². The zero-order valence-corrected chi connectivity index (χ0v) is 10.6. The molecule has 88 valence electrons. The third-order valence-corrected chi connectivity index (χ3v) is 2.90. The van der Waals surface area contributed by atoms with E-state index in [1.54, 1.807) is 0 Å². The highest BCUT2D eigenvalue weighted by atomic mass is 16.1. The molecule has 0 radical (unpaired) electrons. The van der Waals surface area contributed by atoms with Gasteiger partial charge in [-0.2, -0.15) is 0 Å². The van der Waals surface area contributed by atoms with E-state index < -0.39 is 0 Å². The first-order valence-electron chi connectivity index (χ1n) is 6.18. The number of carbonyl (C=O) groups excluding carboxylic acids is 1. The first-order valence-corrected chi connectivity index (χ1v) is 6.18. The van der Waals surface area contributed by atoms with Crippen molar-refractivity contribution in [3.05, 3.63) is 35.4 Å². The van der Waals surface area contributed by atoms with Gasteiger partial charge in [-0.05, 0) is 31.7 Å². The Labute approximate surface area is 98.9 Å². The second-order valence-corrected chi connectivity index (χ2v) is 4.81. The number of carbonyl (C=O) groups is 1. The molecule has 1 rings (SSSR count). The third-order valence-electron chi connectivity index (χ3n) is 2.90. The number of hydrogen-bond donors (Lipinski definition) is 0. The lowest BCUT2D eigenvalue weighted by atomic mass is 10.0. The fourth-order valence-electron chi connectivity index (χ4n) is 1.67. The van der Waals surface area contributed by atoms with Crippen LogP contribution < -0.4 is 0 Å². The van der Waals surface area contributed by atoms with Gasteiger partial charge in [0.05, 0.1) is 0 Å². The van der Waals surface area contributed by atoms with Gasteiger partial charge in [-0.15, -0.1) is 0 Å². The Balaban J connectivity index is 2.21. The van der Waals surface area contributed by atoms with E-state index in [1.165, 1.54) is 11.1 Å². The van der Waals surface area contributed by atoms with Crippen LogP contribution in [0.25, 0.3) is 0 Å². The van der Waals surface area contributed by atoms with Crippen molar-refractivity contribution in [1.29, 1.82) is 0 Å². The van der Waals surface area contributed by atoms with Crippen LogP contribution in [0.3, 0.4) is 0 Å². The molecule has 0 aliphatic carbocycles. The highest BCUT2D eigenvalue weighted by Crippen LogP contribution is 2.10. The predicted octanol–water partition coefficient (Wildman–Crippen LogP) is 3.93. The van der Waals surface area contributed by atoms with E-state index >= 15 is 0 Å². The van der Waals surface area contributed by atoms with Gasteiger partial charge in [-0.25, -0.2) is 0 Å². The lowest BCUT2D eigenvalue weighted by Gasteiger charge is -2.04. The molecule has 0 atom stereocenters. The van der Waals surface area contributed by atoms with Crippen LogP contribution in [0.4, 0.5) is 0 Å². The Kier molecular flexibility index (Phi) is 5.24. The highest BCUT2D eigenvalue weighted by Gasteiger charge is 2.05. The number of ketones is 1. The summed E-state index contributed by atoms with van der Waals surface area (Å²) in [6.45, 7) is 6.05. The molecular weight excluding hydrogens is 196 g/mol. The van der Waals surface area contributed by atoms with E-state index in [-0.39, 0.29) is 5.92 Å². The number of benzene rings is 1. The topological polar surface area (TPSA) is 17.1 Å². The lowest BCUT2D eigenvalue weighted by molar-refractivity contribution is -0.122. The Bertz CT molecular complexity index is 322. The summed E-state index contributed by atoms with van der Waals surface area (Å²) in [7, 11) is 0. The molecule has 0 amide bonds. The molecule has 1 heteroatoms. The first kappa shape index (κ1) is 13.0. The minimum absolute atomic E-state index is 0.194. The molecule has 0 unspecified atom stereocenters. The molecule has 0 bridgehead atoms. The molecule has 0 aliphatic rings. The van der Waals surface area contributed by atoms with Gasteiger partial charge in [-0.3, -0.25) is 4.79 Å². The SMILES string of the molecule is Cc1ccc(CCCCC(=O)C(C)C)cc1. The lowest BCUT2D eigenvalue weighted by Crippen LogP contribution is -2.06. The van der Waals surface area contributed by atoms with Gasteiger partial charge >= 0.3 is 0 Å². The van der Waals surface area contributed by atoms with Crippen LogP contribution in [-0.4, -0.2) is 5.78 Å². The van der Waals surface area contributed by atoms with Crippen LogP contribution in [0, 0.1) is 12.8 Å². The molecule has 16 heavy (non-hydrogen) atoms. The smallest absolute Gasteiger partial charge is 0.135 e. The fourth-order valence-corrected chi connectivity index (χ4v) is 1.67. The van der Waals surface area contributed by atoms with Crippen molar-refractivity contribution in [2.45, 2.75) is 46.5 Å². The van der Waals surface area contributed by atoms with E-state index in [1.807, 2.05) is 13.8 Å². The Morgan fingerprint density at radius 1 is 1.12 bits per heavy atom. The number of rotatable bonds is 6. The molecule has 0 fully saturated rings. The van der Waals surface area contributed by atoms with Gasteiger partial charge in [-0.1, -0.05) is 43.7 Å². The summed E-state index contributed by atoms with van der Waals surface area (Å²) in [6, 6.07) is 8.66. The summed E-state index contributed by atoms with van der Waals surface area (Å²) in [5, 5.41) is 0. The van der Waals surface area contributed by atoms with Crippen molar-refractivity contribution in [3.8, 4) is 0 Å². The minimum Gasteiger partial charge on any atom is -0.299 e. The number of aryl methyl sites for hydroxylation is 2. The predicted molar refractivity (Wildman–Crippen MR) is 68.6 cm³/mol. The van der Waals surface area contributed by atoms with Crippen molar-refractivity contribution in [2.24, 2.45) is 5.92 Å². The molecule has 0 aliphatic heterocycles. The summed E-state index contributed by atoms with van der Waals surface area (Å²) < 4.78 is 0. The Hall–Kier alpha value is -1.11. The van der Waals surface area contributed by atoms with Crippen LogP contribution in [-0.2, 0) is 11.2 Å². The second kappa shape index (κ2) is 6.47. The van der Waals surface area contributed by atoms with Crippen molar-refractivity contribution in [3.63, 3.8) is 0 Å². The third kappa shape index (κ3) is 4.61. The average Bonchev–Trinajstić information content (AvgIpc) is 2.26. The fraction of sp³-hybridized carbons (Fsp3) is 0.533. The maximum absolute atomic E-state index is 11.4. The summed E-state index contributed by atoms with van der Waals surface area (Å²) >= 11 is 0. The van der Waals surface area contributed by atoms with Gasteiger partial charge in [0, 0.05) is 12.3 Å². The van der Waals surface area contributed by atoms with E-state index in [2.05, 4.69) is 31.2 Å². The zero-order chi connectivity index (χ0) is 12.0. The summed E-state index contributed by atoms with van der Waals surface area (Å²) in [6.07, 6.45) is 3.96. The molecule has 0 N–H and O–H groups in total. The number of unbranched alkanes of at least 4 members (excludes halogenated alkanes) is 1. The van der Waals surface area contributed by atoms with Gasteiger partial charge in [0.1, 0.15) is 5.78 Å². The highest BCUT2D eigenvalue weighted by molar-refractivity contribution is 5.80. The zero-order valence-electron chi connectivity index (χ0n) is 10.6. The molecule has 0 saturated carbocycles. The molecule has 0 spiro atoms. The van der Waals surface area contributed by atoms with Gasteiger partial charge in [0.25, 0.3) is 0 Å². The van der Waals surface area contributed by atoms with E-state index in [4.69, 9.17) is 0 Å². The van der Waals surface area contributed by atoms with E-state index in [9.17, 15) is 4.79 Å². The maximum atomic E-state index is 11.4. The summed E-state index contributed by atoms with van der Waals surface area (Å²) in [4.78, 5) is 11.4. The maximum Gasteiger partial charge on any atom is 0.135 e. The number of Topliss-reactive ketones (excluding diaryl/α,β-unsaturated/α-hetero) is 1. The molecule has 1 aromatic carbocycles. The van der Waals surface area contributed by atoms with Crippen molar-refractivity contribution in [2.75, 3.05) is 0 Å². The first-order chi connectivity index (χ1) is 7.59. The van der Waals surface area contributed by atoms with Crippen molar-refractivity contribution < 1.29 is 4.79 Å².